The summed E-state index contributed by atoms with van der Waals surface area (Å²) in [5, 5.41) is 0. The van der Waals surface area contributed by atoms with E-state index in [1.165, 1.54) is 38.8 Å². The van der Waals surface area contributed by atoms with Gasteiger partial charge in [-0.1, -0.05) is 96.9 Å². The van der Waals surface area contributed by atoms with Crippen molar-refractivity contribution in [3.63, 3.8) is 0 Å². The molecule has 1 nitrogen and oxygen atoms in total. The fourth-order valence-corrected chi connectivity index (χ4v) is 6.05. The third kappa shape index (κ3) is 12.7. The van der Waals surface area contributed by atoms with Crippen LogP contribution in [0, 0.1) is 57.2 Å². The van der Waals surface area contributed by atoms with Gasteiger partial charge in [0.15, 0.2) is 0 Å². The first-order valence-electron chi connectivity index (χ1n) is 15.4. The lowest BCUT2D eigenvalue weighted by molar-refractivity contribution is -0.138. The Bertz CT molecular complexity index is 656. The zero-order valence-corrected chi connectivity index (χ0v) is 27.8. The van der Waals surface area contributed by atoms with Gasteiger partial charge < -0.3 is 4.90 Å². The molecule has 3 aliphatic carbocycles. The number of likely N-dealkylation sites (tertiary alicyclic amines) is 1. The summed E-state index contributed by atoms with van der Waals surface area (Å²) in [4.78, 5) is 2.43. The topological polar surface area (TPSA) is 3.24 Å². The summed E-state index contributed by atoms with van der Waals surface area (Å²) in [5.74, 6) is 2.83. The molecule has 4 rings (SSSR count). The Morgan fingerprint density at radius 1 is 0.622 bits per heavy atom. The van der Waals surface area contributed by atoms with Crippen molar-refractivity contribution in [1.82, 2.24) is 4.90 Å². The molecular weight excluding hydrogens is 460 g/mol. The molecule has 0 aromatic rings. The minimum absolute atomic E-state index is 0.0711. The second-order valence-corrected chi connectivity index (χ2v) is 17.8. The van der Waals surface area contributed by atoms with Crippen LogP contribution in [0.15, 0.2) is 0 Å². The molecule has 4 aliphatic rings. The number of rotatable bonds is 0. The van der Waals surface area contributed by atoms with Gasteiger partial charge in [-0.3, -0.25) is 0 Å². The van der Waals surface area contributed by atoms with E-state index < -0.39 is 5.92 Å². The van der Waals surface area contributed by atoms with Crippen LogP contribution in [0.3, 0.4) is 0 Å². The van der Waals surface area contributed by atoms with Crippen LogP contribution < -0.4 is 0 Å². The molecule has 0 bridgehead atoms. The van der Waals surface area contributed by atoms with Gasteiger partial charge in [-0.15, -0.1) is 0 Å². The van der Waals surface area contributed by atoms with E-state index >= 15 is 0 Å². The van der Waals surface area contributed by atoms with Gasteiger partial charge in [0.25, 0.3) is 0 Å². The third-order valence-electron chi connectivity index (χ3n) is 9.75. The lowest BCUT2D eigenvalue weighted by atomic mass is 9.64. The van der Waals surface area contributed by atoms with Crippen LogP contribution in [-0.4, -0.2) is 31.0 Å². The molecule has 1 aliphatic heterocycles. The van der Waals surface area contributed by atoms with Crippen molar-refractivity contribution in [1.29, 1.82) is 0 Å². The van der Waals surface area contributed by atoms with Gasteiger partial charge >= 0.3 is 0 Å². The summed E-state index contributed by atoms with van der Waals surface area (Å²) in [5.41, 5.74) is 1.75. The van der Waals surface area contributed by atoms with E-state index in [0.717, 1.165) is 29.6 Å². The van der Waals surface area contributed by atoms with Crippen molar-refractivity contribution in [2.75, 3.05) is 20.1 Å². The standard InChI is InChI=1S/C9H19N.C9H18.C8H14F2.C8H16/c1-9(2,3)8-5-6-10(4)7-8;1-7-5-8(6-7)9(2,3)4;1-7(2,3)6-4-8(9,10)5-6;1-6-5-7(6)8(2,3)4/h8H,5-7H2,1-4H3;7-8H,5-6H2,1-4H3;6H,4-5H2,1-3H3;6-7H,5H2,1-4H3. The summed E-state index contributed by atoms with van der Waals surface area (Å²) >= 11 is 0. The normalized spacial score (nSPS) is 31.9. The Morgan fingerprint density at radius 3 is 1.14 bits per heavy atom. The first-order chi connectivity index (χ1) is 16.3. The molecule has 1 saturated heterocycles. The first-order valence-corrected chi connectivity index (χ1v) is 15.4. The summed E-state index contributed by atoms with van der Waals surface area (Å²) in [6, 6.07) is 0. The number of hydrogen-bond acceptors (Lipinski definition) is 1. The molecular formula is C34H67F2N. The highest BCUT2D eigenvalue weighted by Gasteiger charge is 2.49. The van der Waals surface area contributed by atoms with E-state index in [4.69, 9.17) is 0 Å². The second-order valence-electron chi connectivity index (χ2n) is 17.8. The minimum Gasteiger partial charge on any atom is -0.306 e. The minimum atomic E-state index is -2.35. The van der Waals surface area contributed by atoms with E-state index in [0.29, 0.717) is 16.2 Å². The van der Waals surface area contributed by atoms with Crippen LogP contribution in [0.25, 0.3) is 0 Å². The Morgan fingerprint density at radius 2 is 1.03 bits per heavy atom. The van der Waals surface area contributed by atoms with Crippen LogP contribution in [-0.2, 0) is 0 Å². The van der Waals surface area contributed by atoms with Crippen molar-refractivity contribution in [3.8, 4) is 0 Å². The van der Waals surface area contributed by atoms with Gasteiger partial charge in [0, 0.05) is 19.4 Å². The van der Waals surface area contributed by atoms with Gasteiger partial charge in [-0.2, -0.15) is 0 Å². The lowest BCUT2D eigenvalue weighted by Crippen LogP contribution is -2.42. The average Bonchev–Trinajstić information content (AvgIpc) is 3.21. The fourth-order valence-electron chi connectivity index (χ4n) is 6.05. The molecule has 3 saturated carbocycles. The highest BCUT2D eigenvalue weighted by molar-refractivity contribution is 4.92. The molecule has 222 valence electrons. The molecule has 0 N–H and O–H groups in total. The summed E-state index contributed by atoms with van der Waals surface area (Å²) in [6.45, 7) is 34.4. The van der Waals surface area contributed by atoms with Crippen molar-refractivity contribution in [3.05, 3.63) is 0 Å². The zero-order chi connectivity index (χ0) is 29.2. The molecule has 37 heavy (non-hydrogen) atoms. The predicted molar refractivity (Wildman–Crippen MR) is 160 cm³/mol. The number of hydrogen-bond donors (Lipinski definition) is 0. The van der Waals surface area contributed by atoms with E-state index in [1.54, 1.807) is 0 Å². The Kier molecular flexibility index (Phi) is 11.8. The van der Waals surface area contributed by atoms with E-state index in [1.807, 2.05) is 20.8 Å². The van der Waals surface area contributed by atoms with Gasteiger partial charge in [0.2, 0.25) is 5.92 Å². The van der Waals surface area contributed by atoms with E-state index in [2.05, 4.69) is 88.1 Å². The van der Waals surface area contributed by atoms with Gasteiger partial charge in [0.1, 0.15) is 0 Å². The highest BCUT2D eigenvalue weighted by Crippen LogP contribution is 2.51. The van der Waals surface area contributed by atoms with Crippen LogP contribution in [0.2, 0.25) is 0 Å². The van der Waals surface area contributed by atoms with Gasteiger partial charge in [-0.25, -0.2) is 8.78 Å². The third-order valence-corrected chi connectivity index (χ3v) is 9.75. The number of nitrogens with zero attached hydrogens (tertiary/aromatic N) is 1. The lowest BCUT2D eigenvalue weighted by Gasteiger charge is -2.43. The van der Waals surface area contributed by atoms with E-state index in [9.17, 15) is 8.78 Å². The van der Waals surface area contributed by atoms with Crippen LogP contribution in [0.4, 0.5) is 8.78 Å². The smallest absolute Gasteiger partial charge is 0.248 e. The fraction of sp³-hybridized carbons (Fsp3) is 1.00. The summed E-state index contributed by atoms with van der Waals surface area (Å²) in [6.07, 6.45) is 5.96. The van der Waals surface area contributed by atoms with Crippen molar-refractivity contribution in [2.24, 2.45) is 57.2 Å². The van der Waals surface area contributed by atoms with Crippen molar-refractivity contribution in [2.45, 2.75) is 141 Å². The molecule has 3 unspecified atom stereocenters. The Labute approximate surface area is 232 Å². The molecule has 0 aromatic carbocycles. The number of alkyl halides is 2. The quantitative estimate of drug-likeness (QED) is 0.303. The largest absolute Gasteiger partial charge is 0.306 e. The Balaban J connectivity index is 0.000000248. The zero-order valence-electron chi connectivity index (χ0n) is 27.8. The second kappa shape index (κ2) is 12.6. The van der Waals surface area contributed by atoms with Crippen molar-refractivity contribution >= 4 is 0 Å². The molecule has 4 fully saturated rings. The molecule has 1 heterocycles. The molecule has 3 atom stereocenters. The summed E-state index contributed by atoms with van der Waals surface area (Å²) in [7, 11) is 2.21. The monoisotopic (exact) mass is 528 g/mol. The first kappa shape index (κ1) is 34.8. The molecule has 0 amide bonds. The maximum atomic E-state index is 12.3. The average molecular weight is 528 g/mol. The molecule has 0 spiro atoms. The maximum absolute atomic E-state index is 12.3. The van der Waals surface area contributed by atoms with E-state index in [-0.39, 0.29) is 24.2 Å². The molecule has 0 aromatic heterocycles. The Hall–Kier alpha value is -0.180. The van der Waals surface area contributed by atoms with Gasteiger partial charge in [0.05, 0.1) is 0 Å². The molecule has 0 radical (unpaired) electrons. The maximum Gasteiger partial charge on any atom is 0.248 e. The van der Waals surface area contributed by atoms with Gasteiger partial charge in [-0.05, 0) is 96.4 Å². The SMILES string of the molecule is CC(C)(C)C1CC(F)(F)C1.CC1CC(C(C)(C)C)C1.CC1CC1C(C)(C)C.CN1CCC(C(C)(C)C)C1. The molecule has 3 heteroatoms. The number of halogens is 2. The van der Waals surface area contributed by atoms with Crippen LogP contribution in [0.5, 0.6) is 0 Å². The predicted octanol–water partition coefficient (Wildman–Crippen LogP) is 10.8. The van der Waals surface area contributed by atoms with Crippen LogP contribution in [0.1, 0.15) is 135 Å². The van der Waals surface area contributed by atoms with Crippen molar-refractivity contribution < 1.29 is 8.78 Å². The van der Waals surface area contributed by atoms with Crippen LogP contribution >= 0.6 is 0 Å². The summed E-state index contributed by atoms with van der Waals surface area (Å²) < 4.78 is 24.6. The highest BCUT2D eigenvalue weighted by atomic mass is 19.3.